The minimum atomic E-state index is -0.168. The van der Waals surface area contributed by atoms with Gasteiger partial charge < -0.3 is 10.6 Å². The number of halogens is 1. The molecule has 3 nitrogen and oxygen atoms in total. The number of hydrogen-bond acceptors (Lipinski definition) is 2. The van der Waals surface area contributed by atoms with Crippen LogP contribution in [0.15, 0.2) is 54.6 Å². The molecule has 0 radical (unpaired) electrons. The molecule has 0 bridgehead atoms. The van der Waals surface area contributed by atoms with Crippen LogP contribution in [0.2, 0.25) is 0 Å². The molecular weight excluding hydrogens is 284 g/mol. The Bertz CT molecular complexity index is 590. The molecule has 2 N–H and O–H groups in total. The number of carbonyl (C=O) groups is 1. The van der Waals surface area contributed by atoms with E-state index in [4.69, 9.17) is 0 Å². The van der Waals surface area contributed by atoms with Crippen molar-refractivity contribution in [2.75, 3.05) is 5.32 Å². The summed E-state index contributed by atoms with van der Waals surface area (Å²) < 4.78 is 0. The fraction of sp³-hybridized carbons (Fsp3) is 0.235. The van der Waals surface area contributed by atoms with E-state index in [1.807, 2.05) is 55.5 Å². The Morgan fingerprint density at radius 1 is 1.14 bits per heavy atom. The average Bonchev–Trinajstić information content (AvgIpc) is 2.92. The molecule has 21 heavy (non-hydrogen) atoms. The van der Waals surface area contributed by atoms with Gasteiger partial charge in [0.05, 0.1) is 6.04 Å². The lowest BCUT2D eigenvalue weighted by Gasteiger charge is -2.18. The van der Waals surface area contributed by atoms with E-state index in [2.05, 4.69) is 16.7 Å². The third-order valence-electron chi connectivity index (χ3n) is 3.75. The lowest BCUT2D eigenvalue weighted by atomic mass is 10.1. The minimum absolute atomic E-state index is 0. The van der Waals surface area contributed by atoms with Crippen LogP contribution in [-0.2, 0) is 11.2 Å². The van der Waals surface area contributed by atoms with Gasteiger partial charge in [-0.3, -0.25) is 4.79 Å². The molecule has 0 aromatic heterocycles. The van der Waals surface area contributed by atoms with Crippen molar-refractivity contribution in [1.82, 2.24) is 5.32 Å². The van der Waals surface area contributed by atoms with Crippen molar-refractivity contribution < 1.29 is 4.79 Å². The molecule has 2 aromatic rings. The van der Waals surface area contributed by atoms with Crippen molar-refractivity contribution in [3.05, 3.63) is 65.7 Å². The lowest BCUT2D eigenvalue weighted by Crippen LogP contribution is -2.39. The molecule has 0 saturated carbocycles. The van der Waals surface area contributed by atoms with E-state index >= 15 is 0 Å². The van der Waals surface area contributed by atoms with Gasteiger partial charge in [0.25, 0.3) is 0 Å². The number of hydrogen-bond donors (Lipinski definition) is 2. The van der Waals surface area contributed by atoms with E-state index in [9.17, 15) is 4.79 Å². The second-order valence-electron chi connectivity index (χ2n) is 5.20. The van der Waals surface area contributed by atoms with Gasteiger partial charge in [-0.15, -0.1) is 12.4 Å². The molecule has 1 aliphatic rings. The highest BCUT2D eigenvalue weighted by molar-refractivity contribution is 5.87. The Hall–Kier alpha value is -2.00. The minimum Gasteiger partial charge on any atom is -0.373 e. The van der Waals surface area contributed by atoms with E-state index in [1.165, 1.54) is 5.56 Å². The fourth-order valence-electron chi connectivity index (χ4n) is 2.60. The van der Waals surface area contributed by atoms with Crippen LogP contribution in [0.5, 0.6) is 0 Å². The largest absolute Gasteiger partial charge is 0.373 e. The predicted molar refractivity (Wildman–Crippen MR) is 87.8 cm³/mol. The third kappa shape index (κ3) is 3.37. The Kier molecular flexibility index (Phi) is 4.86. The first-order valence-electron chi connectivity index (χ1n) is 6.94. The number of para-hydroxylation sites is 1. The number of carbonyl (C=O) groups excluding carboxylic acids is 1. The zero-order valence-corrected chi connectivity index (χ0v) is 12.7. The first-order valence-corrected chi connectivity index (χ1v) is 6.94. The average molecular weight is 303 g/mol. The van der Waals surface area contributed by atoms with E-state index in [0.717, 1.165) is 17.7 Å². The first kappa shape index (κ1) is 15.4. The van der Waals surface area contributed by atoms with E-state index < -0.39 is 0 Å². The van der Waals surface area contributed by atoms with Gasteiger partial charge in [-0.2, -0.15) is 0 Å². The number of fused-ring (bicyclic) bond motifs is 1. The van der Waals surface area contributed by atoms with Crippen LogP contribution in [0.1, 0.15) is 24.1 Å². The van der Waals surface area contributed by atoms with Crippen LogP contribution >= 0.6 is 12.4 Å². The topological polar surface area (TPSA) is 41.1 Å². The third-order valence-corrected chi connectivity index (χ3v) is 3.75. The SMILES string of the molecule is CC(NC(=O)C1Cc2ccccc2N1)c1ccccc1.Cl. The lowest BCUT2D eigenvalue weighted by molar-refractivity contribution is -0.122. The molecule has 1 heterocycles. The Morgan fingerprint density at radius 3 is 2.52 bits per heavy atom. The number of nitrogens with one attached hydrogen (secondary N) is 2. The normalized spacial score (nSPS) is 17.1. The summed E-state index contributed by atoms with van der Waals surface area (Å²) in [5.74, 6) is 0.0533. The van der Waals surface area contributed by atoms with Crippen LogP contribution in [0.4, 0.5) is 5.69 Å². The molecule has 0 saturated heterocycles. The number of anilines is 1. The van der Waals surface area contributed by atoms with Crippen LogP contribution in [0.3, 0.4) is 0 Å². The number of benzene rings is 2. The number of amides is 1. The van der Waals surface area contributed by atoms with Gasteiger partial charge in [0.2, 0.25) is 5.91 Å². The molecule has 1 aliphatic heterocycles. The first-order chi connectivity index (χ1) is 9.74. The molecule has 4 heteroatoms. The predicted octanol–water partition coefficient (Wildman–Crippen LogP) is 3.32. The quantitative estimate of drug-likeness (QED) is 0.913. The van der Waals surface area contributed by atoms with Crippen molar-refractivity contribution in [2.24, 2.45) is 0 Å². The second kappa shape index (κ2) is 6.64. The van der Waals surface area contributed by atoms with Crippen molar-refractivity contribution in [3.8, 4) is 0 Å². The fourth-order valence-corrected chi connectivity index (χ4v) is 2.60. The second-order valence-corrected chi connectivity index (χ2v) is 5.20. The van der Waals surface area contributed by atoms with Crippen molar-refractivity contribution >= 4 is 24.0 Å². The maximum Gasteiger partial charge on any atom is 0.243 e. The van der Waals surface area contributed by atoms with Crippen molar-refractivity contribution in [2.45, 2.75) is 25.4 Å². The van der Waals surface area contributed by atoms with E-state index in [1.54, 1.807) is 0 Å². The molecule has 1 amide bonds. The molecule has 0 spiro atoms. The van der Waals surface area contributed by atoms with Gasteiger partial charge in [-0.1, -0.05) is 48.5 Å². The molecule has 0 aliphatic carbocycles. The van der Waals surface area contributed by atoms with Crippen LogP contribution in [0, 0.1) is 0 Å². The summed E-state index contributed by atoms with van der Waals surface area (Å²) in [5, 5.41) is 6.35. The van der Waals surface area contributed by atoms with Crippen molar-refractivity contribution in [1.29, 1.82) is 0 Å². The van der Waals surface area contributed by atoms with Gasteiger partial charge in [0.1, 0.15) is 6.04 Å². The summed E-state index contributed by atoms with van der Waals surface area (Å²) in [4.78, 5) is 12.3. The summed E-state index contributed by atoms with van der Waals surface area (Å²) in [7, 11) is 0. The zero-order chi connectivity index (χ0) is 13.9. The molecule has 110 valence electrons. The van der Waals surface area contributed by atoms with Gasteiger partial charge in [0.15, 0.2) is 0 Å². The molecule has 2 atom stereocenters. The van der Waals surface area contributed by atoms with Gasteiger partial charge in [-0.25, -0.2) is 0 Å². The molecular formula is C17H19ClN2O. The Labute approximate surface area is 131 Å². The highest BCUT2D eigenvalue weighted by Gasteiger charge is 2.27. The monoisotopic (exact) mass is 302 g/mol. The highest BCUT2D eigenvalue weighted by Crippen LogP contribution is 2.25. The van der Waals surface area contributed by atoms with Crippen molar-refractivity contribution in [3.63, 3.8) is 0 Å². The Balaban J connectivity index is 0.00000161. The van der Waals surface area contributed by atoms with Gasteiger partial charge in [0, 0.05) is 12.1 Å². The molecule has 2 aromatic carbocycles. The van der Waals surface area contributed by atoms with Crippen LogP contribution in [-0.4, -0.2) is 11.9 Å². The summed E-state index contributed by atoms with van der Waals surface area (Å²) in [5.41, 5.74) is 3.40. The summed E-state index contributed by atoms with van der Waals surface area (Å²) in [6, 6.07) is 17.9. The smallest absolute Gasteiger partial charge is 0.243 e. The maximum absolute atomic E-state index is 12.3. The van der Waals surface area contributed by atoms with Gasteiger partial charge in [-0.05, 0) is 24.1 Å². The molecule has 3 rings (SSSR count). The van der Waals surface area contributed by atoms with Crippen LogP contribution in [0.25, 0.3) is 0 Å². The zero-order valence-electron chi connectivity index (χ0n) is 11.9. The Morgan fingerprint density at radius 2 is 1.81 bits per heavy atom. The van der Waals surface area contributed by atoms with E-state index in [-0.39, 0.29) is 30.4 Å². The molecule has 0 fully saturated rings. The summed E-state index contributed by atoms with van der Waals surface area (Å²) in [6.07, 6.45) is 0.753. The van der Waals surface area contributed by atoms with Gasteiger partial charge >= 0.3 is 0 Å². The summed E-state index contributed by atoms with van der Waals surface area (Å²) >= 11 is 0. The van der Waals surface area contributed by atoms with Crippen LogP contribution < -0.4 is 10.6 Å². The highest BCUT2D eigenvalue weighted by atomic mass is 35.5. The van der Waals surface area contributed by atoms with E-state index in [0.29, 0.717) is 0 Å². The maximum atomic E-state index is 12.3. The summed E-state index contributed by atoms with van der Waals surface area (Å²) in [6.45, 7) is 2.01. The molecule has 2 unspecified atom stereocenters. The number of rotatable bonds is 3. The standard InChI is InChI=1S/C17H18N2O.ClH/c1-12(13-7-3-2-4-8-13)18-17(20)16-11-14-9-5-6-10-15(14)19-16;/h2-10,12,16,19H,11H2,1H3,(H,18,20);1H.